The monoisotopic (exact) mass is 382 g/mol. The number of nitrogens with zero attached hydrogens (tertiary/aromatic N) is 3. The predicted octanol–water partition coefficient (Wildman–Crippen LogP) is -1.40. The summed E-state index contributed by atoms with van der Waals surface area (Å²) in [6.07, 6.45) is 0.522. The van der Waals surface area contributed by atoms with Gasteiger partial charge in [-0.15, -0.1) is 0 Å². The first kappa shape index (κ1) is 20.3. The number of β-lactam (4-membered cyclic amide) rings is 1. The molecule has 0 saturated carbocycles. The van der Waals surface area contributed by atoms with Gasteiger partial charge in [-0.05, 0) is 12.8 Å². The molecule has 5 amide bonds. The molecule has 2 fully saturated rings. The molecule has 2 atom stereocenters. The van der Waals surface area contributed by atoms with Gasteiger partial charge < -0.3 is 31.3 Å². The number of hydrogen-bond acceptors (Lipinski definition) is 7. The molecule has 11 heteroatoms. The molecule has 0 spiro atoms. The van der Waals surface area contributed by atoms with Crippen molar-refractivity contribution in [3.63, 3.8) is 0 Å². The summed E-state index contributed by atoms with van der Waals surface area (Å²) in [5, 5.41) is 2.84. The molecule has 0 radical (unpaired) electrons. The van der Waals surface area contributed by atoms with Gasteiger partial charge in [-0.25, -0.2) is 9.59 Å². The van der Waals surface area contributed by atoms with E-state index in [4.69, 9.17) is 11.5 Å². The number of urea groups is 1. The second kappa shape index (κ2) is 8.60. The number of imide groups is 1. The molecule has 150 valence electrons. The van der Waals surface area contributed by atoms with Crippen LogP contribution in [-0.2, 0) is 14.3 Å². The van der Waals surface area contributed by atoms with Gasteiger partial charge in [-0.2, -0.15) is 0 Å². The van der Waals surface area contributed by atoms with Crippen LogP contribution in [-0.4, -0.2) is 84.5 Å². The average Bonchev–Trinajstić information content (AvgIpc) is 2.64. The van der Waals surface area contributed by atoms with Gasteiger partial charge >= 0.3 is 12.1 Å². The fraction of sp³-hybridized carbons (Fsp3) is 0.625. The number of carbonyl (C=O) groups is 4. The maximum atomic E-state index is 12.7. The highest BCUT2D eigenvalue weighted by atomic mass is 16.5. The molecule has 0 aromatic carbocycles. The molecule has 2 aliphatic heterocycles. The normalized spacial score (nSPS) is 22.1. The molecule has 27 heavy (non-hydrogen) atoms. The first-order valence-electron chi connectivity index (χ1n) is 8.70. The summed E-state index contributed by atoms with van der Waals surface area (Å²) in [6.45, 7) is 5.09. The standard InChI is InChI=1S/C16H26N6O5/c1-10(17)19-5-3-4-11-12(13(18)23)22(14(11)24)15(25)20-6-8-21(9-7-20)16(26)27-2/h11-12,19H,1,3-9,17H2,2H3,(H2,18,23). The molecule has 5 N–H and O–H groups in total. The number of nitrogens with two attached hydrogens (primary N) is 2. The zero-order valence-electron chi connectivity index (χ0n) is 15.3. The maximum Gasteiger partial charge on any atom is 0.409 e. The van der Waals surface area contributed by atoms with Crippen LogP contribution < -0.4 is 16.8 Å². The lowest BCUT2D eigenvalue weighted by atomic mass is 9.83. The number of hydrogen-bond donors (Lipinski definition) is 3. The van der Waals surface area contributed by atoms with Crippen LogP contribution in [0.15, 0.2) is 12.4 Å². The first-order valence-corrected chi connectivity index (χ1v) is 8.70. The average molecular weight is 382 g/mol. The van der Waals surface area contributed by atoms with E-state index in [9.17, 15) is 19.2 Å². The van der Waals surface area contributed by atoms with E-state index in [1.165, 1.54) is 16.9 Å². The SMILES string of the molecule is C=C(N)NCCCC1C(=O)N(C(=O)N2CCN(C(=O)OC)CC2)C1C(N)=O. The molecule has 0 aromatic heterocycles. The molecule has 11 nitrogen and oxygen atoms in total. The third kappa shape index (κ3) is 4.41. The van der Waals surface area contributed by atoms with Gasteiger partial charge in [0.1, 0.15) is 6.04 Å². The van der Waals surface area contributed by atoms with Gasteiger partial charge in [0.15, 0.2) is 0 Å². The van der Waals surface area contributed by atoms with Crippen LogP contribution in [0.2, 0.25) is 0 Å². The van der Waals surface area contributed by atoms with Crippen molar-refractivity contribution in [1.29, 1.82) is 0 Å². The number of nitrogens with one attached hydrogen (secondary N) is 1. The smallest absolute Gasteiger partial charge is 0.409 e. The summed E-state index contributed by atoms with van der Waals surface area (Å²) in [7, 11) is 1.29. The molecule has 0 aliphatic carbocycles. The Hall–Kier alpha value is -2.98. The van der Waals surface area contributed by atoms with Crippen LogP contribution in [0.5, 0.6) is 0 Å². The number of methoxy groups -OCH3 is 1. The van der Waals surface area contributed by atoms with Crippen molar-refractivity contribution in [3.8, 4) is 0 Å². The highest BCUT2D eigenvalue weighted by Crippen LogP contribution is 2.31. The van der Waals surface area contributed by atoms with Crippen LogP contribution in [0.25, 0.3) is 0 Å². The number of amides is 5. The lowest BCUT2D eigenvalue weighted by molar-refractivity contribution is -0.157. The summed E-state index contributed by atoms with van der Waals surface area (Å²) in [5.41, 5.74) is 10.8. The predicted molar refractivity (Wildman–Crippen MR) is 94.8 cm³/mol. The molecule has 2 aliphatic rings. The lowest BCUT2D eigenvalue weighted by Crippen LogP contribution is -2.70. The number of likely N-dealkylation sites (tertiary alicyclic amines) is 1. The Kier molecular flexibility index (Phi) is 6.48. The zero-order valence-corrected chi connectivity index (χ0v) is 15.3. The van der Waals surface area contributed by atoms with Gasteiger partial charge in [-0.3, -0.25) is 14.5 Å². The minimum Gasteiger partial charge on any atom is -0.453 e. The molecule has 0 bridgehead atoms. The zero-order chi connectivity index (χ0) is 20.1. The highest BCUT2D eigenvalue weighted by molar-refractivity contribution is 6.08. The summed E-state index contributed by atoms with van der Waals surface area (Å²) in [4.78, 5) is 52.2. The first-order chi connectivity index (χ1) is 12.8. The van der Waals surface area contributed by atoms with Crippen molar-refractivity contribution in [2.45, 2.75) is 18.9 Å². The summed E-state index contributed by atoms with van der Waals surface area (Å²) in [6, 6.07) is -1.51. The second-order valence-electron chi connectivity index (χ2n) is 6.48. The van der Waals surface area contributed by atoms with Gasteiger partial charge in [-0.1, -0.05) is 6.58 Å². The van der Waals surface area contributed by atoms with Crippen LogP contribution in [0.3, 0.4) is 0 Å². The molecule has 2 heterocycles. The minimum atomic E-state index is -0.954. The molecular formula is C16H26N6O5. The Morgan fingerprint density at radius 1 is 1.19 bits per heavy atom. The van der Waals surface area contributed by atoms with E-state index in [1.807, 2.05) is 0 Å². The number of piperazine rings is 1. The molecule has 2 unspecified atom stereocenters. The fourth-order valence-electron chi connectivity index (χ4n) is 3.30. The number of carbonyl (C=O) groups excluding carboxylic acids is 4. The van der Waals surface area contributed by atoms with Gasteiger partial charge in [0.05, 0.1) is 18.8 Å². The van der Waals surface area contributed by atoms with E-state index in [1.54, 1.807) is 0 Å². The quantitative estimate of drug-likeness (QED) is 0.377. The van der Waals surface area contributed by atoms with Crippen molar-refractivity contribution in [2.24, 2.45) is 17.4 Å². The van der Waals surface area contributed by atoms with Crippen molar-refractivity contribution in [3.05, 3.63) is 12.4 Å². The Labute approximate surface area is 157 Å². The van der Waals surface area contributed by atoms with Crippen molar-refractivity contribution in [2.75, 3.05) is 39.8 Å². The number of primary amides is 1. The van der Waals surface area contributed by atoms with Gasteiger partial charge in [0.2, 0.25) is 11.8 Å². The van der Waals surface area contributed by atoms with Crippen LogP contribution in [0.4, 0.5) is 9.59 Å². The van der Waals surface area contributed by atoms with Crippen molar-refractivity contribution < 1.29 is 23.9 Å². The van der Waals surface area contributed by atoms with Crippen LogP contribution >= 0.6 is 0 Å². The van der Waals surface area contributed by atoms with Gasteiger partial charge in [0.25, 0.3) is 0 Å². The van der Waals surface area contributed by atoms with E-state index in [0.717, 1.165) is 4.90 Å². The summed E-state index contributed by atoms with van der Waals surface area (Å²) in [5.74, 6) is -1.41. The summed E-state index contributed by atoms with van der Waals surface area (Å²) < 4.78 is 4.65. The van der Waals surface area contributed by atoms with Crippen LogP contribution in [0, 0.1) is 5.92 Å². The van der Waals surface area contributed by atoms with E-state index in [-0.39, 0.29) is 13.1 Å². The van der Waals surface area contributed by atoms with E-state index in [0.29, 0.717) is 38.3 Å². The third-order valence-electron chi connectivity index (χ3n) is 4.74. The van der Waals surface area contributed by atoms with Crippen molar-refractivity contribution in [1.82, 2.24) is 20.0 Å². The van der Waals surface area contributed by atoms with E-state index >= 15 is 0 Å². The largest absolute Gasteiger partial charge is 0.453 e. The maximum absolute atomic E-state index is 12.7. The Balaban J connectivity index is 1.92. The number of rotatable bonds is 6. The Bertz CT molecular complexity index is 631. The van der Waals surface area contributed by atoms with E-state index in [2.05, 4.69) is 16.6 Å². The minimum absolute atomic E-state index is 0.246. The van der Waals surface area contributed by atoms with Gasteiger partial charge in [0, 0.05) is 32.7 Å². The molecule has 2 saturated heterocycles. The fourth-order valence-corrected chi connectivity index (χ4v) is 3.30. The lowest BCUT2D eigenvalue weighted by Gasteiger charge is -2.46. The van der Waals surface area contributed by atoms with Crippen LogP contribution in [0.1, 0.15) is 12.8 Å². The molecule has 2 rings (SSSR count). The van der Waals surface area contributed by atoms with Crippen molar-refractivity contribution >= 4 is 23.9 Å². The Morgan fingerprint density at radius 2 is 1.78 bits per heavy atom. The summed E-state index contributed by atoms with van der Waals surface area (Å²) >= 11 is 0. The molecular weight excluding hydrogens is 356 g/mol. The third-order valence-corrected chi connectivity index (χ3v) is 4.74. The highest BCUT2D eigenvalue weighted by Gasteiger charge is 2.54. The topological polar surface area (TPSA) is 151 Å². The van der Waals surface area contributed by atoms with E-state index < -0.39 is 35.9 Å². The Morgan fingerprint density at radius 3 is 2.30 bits per heavy atom. The molecule has 0 aromatic rings. The second-order valence-corrected chi connectivity index (χ2v) is 6.48. The number of ether oxygens (including phenoxy) is 1.